The van der Waals surface area contributed by atoms with E-state index in [1.165, 1.54) is 19.4 Å². The molecule has 0 saturated heterocycles. The van der Waals surface area contributed by atoms with Gasteiger partial charge < -0.3 is 30.1 Å². The van der Waals surface area contributed by atoms with Crippen LogP contribution in [0.5, 0.6) is 5.75 Å². The van der Waals surface area contributed by atoms with Crippen molar-refractivity contribution in [2.45, 2.75) is 25.7 Å². The maximum atomic E-state index is 14.0. The van der Waals surface area contributed by atoms with E-state index in [9.17, 15) is 27.2 Å². The van der Waals surface area contributed by atoms with Gasteiger partial charge in [-0.25, -0.2) is 19.1 Å². The Morgan fingerprint density at radius 2 is 1.91 bits per heavy atom. The molecule has 0 fully saturated rings. The zero-order chi connectivity index (χ0) is 33.9. The van der Waals surface area contributed by atoms with E-state index in [2.05, 4.69) is 27.2 Å². The molecule has 0 unspecified atom stereocenters. The molecule has 0 saturated carbocycles. The molecule has 1 atom stereocenters. The second kappa shape index (κ2) is 13.8. The predicted octanol–water partition coefficient (Wildman–Crippen LogP) is 6.17. The van der Waals surface area contributed by atoms with Crippen molar-refractivity contribution in [3.05, 3.63) is 65.6 Å². The number of benzene rings is 2. The van der Waals surface area contributed by atoms with Gasteiger partial charge in [0.2, 0.25) is 11.9 Å². The lowest BCUT2D eigenvalue weighted by atomic mass is 10.1. The van der Waals surface area contributed by atoms with Crippen LogP contribution < -0.4 is 25.2 Å². The number of fused-ring (bicyclic) bond motifs is 1. The minimum atomic E-state index is -4.72. The van der Waals surface area contributed by atoms with Gasteiger partial charge in [-0.15, -0.1) is 0 Å². The number of halogens is 5. The number of hydrogen-bond acceptors (Lipinski definition) is 8. The summed E-state index contributed by atoms with van der Waals surface area (Å²) in [5.74, 6) is -0.950. The molecule has 11 nitrogen and oxygen atoms in total. The third-order valence-electron chi connectivity index (χ3n) is 7.24. The molecule has 0 bridgehead atoms. The van der Waals surface area contributed by atoms with Crippen molar-refractivity contribution < 1.29 is 31.9 Å². The van der Waals surface area contributed by atoms with E-state index >= 15 is 0 Å². The number of likely N-dealkylation sites (N-methyl/N-ethyl adjacent to an activating group) is 2. The van der Waals surface area contributed by atoms with E-state index in [0.717, 1.165) is 36.6 Å². The summed E-state index contributed by atoms with van der Waals surface area (Å²) in [4.78, 5) is 40.1. The first kappa shape index (κ1) is 34.2. The number of hydrogen-bond donors (Lipinski definition) is 2. The van der Waals surface area contributed by atoms with Gasteiger partial charge in [-0.2, -0.15) is 18.2 Å². The van der Waals surface area contributed by atoms with Crippen molar-refractivity contribution in [1.29, 1.82) is 0 Å². The number of urea groups is 1. The fourth-order valence-electron chi connectivity index (χ4n) is 4.60. The van der Waals surface area contributed by atoms with Crippen LogP contribution in [0.4, 0.5) is 56.9 Å². The van der Waals surface area contributed by atoms with Crippen molar-refractivity contribution >= 4 is 58.1 Å². The van der Waals surface area contributed by atoms with E-state index in [4.69, 9.17) is 16.3 Å². The second-order valence-electron chi connectivity index (χ2n) is 10.7. The zero-order valence-corrected chi connectivity index (χ0v) is 26.5. The van der Waals surface area contributed by atoms with Gasteiger partial charge in [0.1, 0.15) is 17.6 Å². The number of ether oxygens (including phenoxy) is 1. The number of aromatic nitrogens is 2. The predicted molar refractivity (Wildman–Crippen MR) is 169 cm³/mol. The number of anilines is 6. The average Bonchev–Trinajstić information content (AvgIpc) is 3.00. The summed E-state index contributed by atoms with van der Waals surface area (Å²) in [6.07, 6.45) is -2.30. The van der Waals surface area contributed by atoms with Crippen LogP contribution in [0.1, 0.15) is 12.5 Å². The van der Waals surface area contributed by atoms with E-state index in [1.54, 1.807) is 12.1 Å². The molecule has 3 aromatic rings. The standard InChI is InChI=1S/C30H33ClF4N8O3/c1-7-26(44)37-22-13-23(25(46-6)14-24(22)41(5)11-10-40(3)4)38-28-36-15-18-16-42(17(2)30(33,34)35)29(45)43(27(18)39-28)19-8-9-21(32)20(31)12-19/h7-9,12-15,17H,1,10-11,16H2,2-6H3,(H,37,44)(H,36,38,39)/t17-/m0/s1. The Bertz CT molecular complexity index is 1640. The number of nitrogens with one attached hydrogen (secondary N) is 2. The monoisotopic (exact) mass is 664 g/mol. The third-order valence-corrected chi connectivity index (χ3v) is 7.52. The van der Waals surface area contributed by atoms with Gasteiger partial charge in [-0.05, 0) is 51.4 Å². The smallest absolute Gasteiger partial charge is 0.408 e. The van der Waals surface area contributed by atoms with E-state index < -0.39 is 36.5 Å². The van der Waals surface area contributed by atoms with Crippen LogP contribution in [0, 0.1) is 5.82 Å². The Balaban J connectivity index is 1.79. The van der Waals surface area contributed by atoms with Gasteiger partial charge in [0, 0.05) is 38.0 Å². The molecule has 1 aliphatic rings. The topological polar surface area (TPSA) is 106 Å². The van der Waals surface area contributed by atoms with Crippen molar-refractivity contribution in [2.24, 2.45) is 0 Å². The highest BCUT2D eigenvalue weighted by atomic mass is 35.5. The molecule has 246 valence electrons. The summed E-state index contributed by atoms with van der Waals surface area (Å²) in [7, 11) is 7.19. The molecule has 3 amide bonds. The number of rotatable bonds is 11. The summed E-state index contributed by atoms with van der Waals surface area (Å²) in [5, 5.41) is 5.47. The lowest BCUT2D eigenvalue weighted by Crippen LogP contribution is -2.53. The van der Waals surface area contributed by atoms with Crippen molar-refractivity contribution in [1.82, 2.24) is 19.8 Å². The molecule has 4 rings (SSSR count). The summed E-state index contributed by atoms with van der Waals surface area (Å²) in [6, 6.07) is 3.47. The fraction of sp³-hybridized carbons (Fsp3) is 0.333. The molecule has 0 aliphatic carbocycles. The van der Waals surface area contributed by atoms with E-state index in [-0.39, 0.29) is 28.0 Å². The van der Waals surface area contributed by atoms with Crippen molar-refractivity contribution in [3.8, 4) is 5.75 Å². The van der Waals surface area contributed by atoms with Crippen LogP contribution in [0.15, 0.2) is 49.2 Å². The minimum absolute atomic E-state index is 0.00140. The number of amides is 3. The Morgan fingerprint density at radius 1 is 1.20 bits per heavy atom. The molecular formula is C30H33ClF4N8O3. The van der Waals surface area contributed by atoms with E-state index in [0.29, 0.717) is 34.3 Å². The summed E-state index contributed by atoms with van der Waals surface area (Å²) in [6.45, 7) is 5.29. The van der Waals surface area contributed by atoms with Gasteiger partial charge in [0.15, 0.2) is 5.82 Å². The van der Waals surface area contributed by atoms with Crippen LogP contribution in [-0.4, -0.2) is 85.3 Å². The van der Waals surface area contributed by atoms with Gasteiger partial charge in [0.25, 0.3) is 0 Å². The first-order valence-electron chi connectivity index (χ1n) is 13.9. The number of methoxy groups -OCH3 is 1. The van der Waals surface area contributed by atoms with Crippen LogP contribution in [0.25, 0.3) is 0 Å². The highest BCUT2D eigenvalue weighted by Gasteiger charge is 2.46. The van der Waals surface area contributed by atoms with Crippen LogP contribution in [0.2, 0.25) is 5.02 Å². The second-order valence-corrected chi connectivity index (χ2v) is 11.1. The average molecular weight is 665 g/mol. The lowest BCUT2D eigenvalue weighted by Gasteiger charge is -2.39. The molecule has 1 aliphatic heterocycles. The maximum absolute atomic E-state index is 14.0. The molecule has 0 radical (unpaired) electrons. The largest absolute Gasteiger partial charge is 0.494 e. The first-order chi connectivity index (χ1) is 21.6. The summed E-state index contributed by atoms with van der Waals surface area (Å²) < 4.78 is 60.8. The maximum Gasteiger partial charge on any atom is 0.408 e. The van der Waals surface area contributed by atoms with Crippen LogP contribution in [-0.2, 0) is 11.3 Å². The van der Waals surface area contributed by atoms with Crippen molar-refractivity contribution in [2.75, 3.05) is 61.8 Å². The Hall–Kier alpha value is -4.63. The van der Waals surface area contributed by atoms with Gasteiger partial charge in [0.05, 0.1) is 41.4 Å². The normalized spacial score (nSPS) is 13.8. The molecule has 1 aromatic heterocycles. The number of carbonyl (C=O) groups is 2. The summed E-state index contributed by atoms with van der Waals surface area (Å²) >= 11 is 5.98. The molecule has 2 N–H and O–H groups in total. The Labute approximate surface area is 268 Å². The van der Waals surface area contributed by atoms with E-state index in [1.807, 2.05) is 30.9 Å². The molecular weight excluding hydrogens is 632 g/mol. The quantitative estimate of drug-likeness (QED) is 0.185. The number of carbonyl (C=O) groups excluding carboxylic acids is 2. The zero-order valence-electron chi connectivity index (χ0n) is 25.7. The van der Waals surface area contributed by atoms with Gasteiger partial charge >= 0.3 is 12.2 Å². The SMILES string of the molecule is C=CC(=O)Nc1cc(Nc2ncc3c(n2)N(c2ccc(F)c(Cl)c2)C(=O)N([C@@H](C)C(F)(F)F)C3)c(OC)cc1N(C)CCN(C)C. The lowest BCUT2D eigenvalue weighted by molar-refractivity contribution is -0.172. The highest BCUT2D eigenvalue weighted by Crippen LogP contribution is 2.41. The minimum Gasteiger partial charge on any atom is -0.494 e. The Kier molecular flexibility index (Phi) is 10.3. The number of nitrogens with zero attached hydrogens (tertiary/aromatic N) is 6. The fourth-order valence-corrected chi connectivity index (χ4v) is 4.77. The third kappa shape index (κ3) is 7.42. The van der Waals surface area contributed by atoms with Crippen molar-refractivity contribution in [3.63, 3.8) is 0 Å². The van der Waals surface area contributed by atoms with Crippen LogP contribution in [0.3, 0.4) is 0 Å². The molecule has 2 aromatic carbocycles. The van der Waals surface area contributed by atoms with Gasteiger partial charge in [-0.3, -0.25) is 4.79 Å². The Morgan fingerprint density at radius 3 is 2.52 bits per heavy atom. The molecule has 2 heterocycles. The highest BCUT2D eigenvalue weighted by molar-refractivity contribution is 6.31. The number of alkyl halides is 3. The molecule has 16 heteroatoms. The molecule has 46 heavy (non-hydrogen) atoms. The first-order valence-corrected chi connectivity index (χ1v) is 14.3. The summed E-state index contributed by atoms with van der Waals surface area (Å²) in [5.41, 5.74) is 1.60. The van der Waals surface area contributed by atoms with Gasteiger partial charge in [-0.1, -0.05) is 18.2 Å². The van der Waals surface area contributed by atoms with Crippen LogP contribution >= 0.6 is 11.6 Å². The molecule has 0 spiro atoms.